The number of nitrogens with zero attached hydrogens (tertiary/aromatic N) is 3. The molecule has 3 aromatic carbocycles. The first-order valence-corrected chi connectivity index (χ1v) is 12.2. The maximum Gasteiger partial charge on any atom is 0.360 e. The number of halogens is 1. The standard InChI is InChI=1S/C29H27N3O3.ClH/c33-28-26(29(34)35)30-24-13-7-8-14-25(24)32(28)23-17-21-15-16-22(18-23)31(21)27(19-9-3-1-4-10-19)20-11-5-2-6-12-20;/h1-14,21-23,27H,15-18H2,(H,34,35);1H. The van der Waals surface area contributed by atoms with Gasteiger partial charge < -0.3 is 9.67 Å². The van der Waals surface area contributed by atoms with Crippen molar-refractivity contribution in [1.29, 1.82) is 0 Å². The second kappa shape index (κ2) is 9.88. The summed E-state index contributed by atoms with van der Waals surface area (Å²) in [5, 5.41) is 9.65. The molecule has 2 aliphatic rings. The normalized spacial score (nSPS) is 21.4. The number of aromatic carboxylic acids is 1. The summed E-state index contributed by atoms with van der Waals surface area (Å²) in [4.78, 5) is 31.9. The number of carboxylic acids is 1. The number of fused-ring (bicyclic) bond motifs is 3. The van der Waals surface area contributed by atoms with Gasteiger partial charge in [-0.3, -0.25) is 9.69 Å². The van der Waals surface area contributed by atoms with Crippen LogP contribution < -0.4 is 5.56 Å². The topological polar surface area (TPSA) is 75.4 Å². The fourth-order valence-corrected chi connectivity index (χ4v) is 6.28. The Balaban J connectivity index is 0.00000267. The van der Waals surface area contributed by atoms with E-state index in [9.17, 15) is 14.7 Å². The minimum Gasteiger partial charge on any atom is -0.476 e. The lowest BCUT2D eigenvalue weighted by Gasteiger charge is -2.44. The predicted molar refractivity (Wildman–Crippen MR) is 142 cm³/mol. The quantitative estimate of drug-likeness (QED) is 0.392. The van der Waals surface area contributed by atoms with E-state index in [1.54, 1.807) is 10.6 Å². The smallest absolute Gasteiger partial charge is 0.360 e. The average molecular weight is 502 g/mol. The SMILES string of the molecule is Cl.O=C(O)c1nc2ccccc2n(C2CC3CCC(C2)N3C(c2ccccc2)c2ccccc2)c1=O. The third-order valence-corrected chi connectivity index (χ3v) is 7.66. The molecule has 2 fully saturated rings. The highest BCUT2D eigenvalue weighted by atomic mass is 35.5. The van der Waals surface area contributed by atoms with E-state index in [1.165, 1.54) is 11.1 Å². The number of piperidine rings is 1. The first-order chi connectivity index (χ1) is 17.1. The lowest BCUT2D eigenvalue weighted by molar-refractivity contribution is 0.0681. The molecule has 2 saturated heterocycles. The molecule has 6 rings (SSSR count). The molecule has 0 saturated carbocycles. The number of benzene rings is 3. The Morgan fingerprint density at radius 1 is 0.806 bits per heavy atom. The Bertz CT molecular complexity index is 1390. The number of para-hydroxylation sites is 2. The molecule has 6 nitrogen and oxygen atoms in total. The molecule has 1 N–H and O–H groups in total. The van der Waals surface area contributed by atoms with Crippen LogP contribution in [0.1, 0.15) is 59.4 Å². The Morgan fingerprint density at radius 2 is 1.33 bits per heavy atom. The molecular formula is C29H28ClN3O3. The molecule has 4 aromatic rings. The lowest BCUT2D eigenvalue weighted by Crippen LogP contribution is -2.47. The summed E-state index contributed by atoms with van der Waals surface area (Å²) in [6, 6.07) is 29.3. The molecule has 1 aromatic heterocycles. The molecule has 2 atom stereocenters. The summed E-state index contributed by atoms with van der Waals surface area (Å²) >= 11 is 0. The van der Waals surface area contributed by atoms with Crippen LogP contribution in [0.5, 0.6) is 0 Å². The van der Waals surface area contributed by atoms with Gasteiger partial charge in [0, 0.05) is 18.1 Å². The van der Waals surface area contributed by atoms with Gasteiger partial charge in [0.05, 0.1) is 17.1 Å². The Hall–Kier alpha value is -3.48. The van der Waals surface area contributed by atoms with Crippen LogP contribution in [0.3, 0.4) is 0 Å². The fraction of sp³-hybridized carbons (Fsp3) is 0.276. The second-order valence-electron chi connectivity index (χ2n) is 9.61. The largest absolute Gasteiger partial charge is 0.476 e. The zero-order valence-corrected chi connectivity index (χ0v) is 20.6. The molecule has 2 aliphatic heterocycles. The van der Waals surface area contributed by atoms with Gasteiger partial charge in [-0.1, -0.05) is 72.8 Å². The Morgan fingerprint density at radius 3 is 1.89 bits per heavy atom. The molecule has 0 amide bonds. The van der Waals surface area contributed by atoms with Crippen LogP contribution in [0.25, 0.3) is 11.0 Å². The maximum atomic E-state index is 13.3. The van der Waals surface area contributed by atoms with Crippen LogP contribution in [0.2, 0.25) is 0 Å². The highest BCUT2D eigenvalue weighted by Gasteiger charge is 2.45. The summed E-state index contributed by atoms with van der Waals surface area (Å²) in [6.45, 7) is 0. The summed E-state index contributed by atoms with van der Waals surface area (Å²) in [6.07, 6.45) is 3.75. The molecule has 7 heteroatoms. The zero-order chi connectivity index (χ0) is 23.9. The van der Waals surface area contributed by atoms with Gasteiger partial charge in [-0.05, 0) is 48.9 Å². The lowest BCUT2D eigenvalue weighted by atomic mass is 9.89. The fourth-order valence-electron chi connectivity index (χ4n) is 6.28. The van der Waals surface area contributed by atoms with Crippen LogP contribution in [0.4, 0.5) is 0 Å². The predicted octanol–water partition coefficient (Wildman–Crippen LogP) is 5.47. The van der Waals surface area contributed by atoms with Crippen LogP contribution in [-0.4, -0.2) is 37.6 Å². The third-order valence-electron chi connectivity index (χ3n) is 7.66. The van der Waals surface area contributed by atoms with Crippen molar-refractivity contribution in [2.24, 2.45) is 0 Å². The minimum atomic E-state index is -1.27. The number of aromatic nitrogens is 2. The summed E-state index contributed by atoms with van der Waals surface area (Å²) in [5.74, 6) is -1.27. The molecule has 184 valence electrons. The Labute approximate surface area is 215 Å². The zero-order valence-electron chi connectivity index (χ0n) is 19.7. The van der Waals surface area contributed by atoms with Gasteiger partial charge in [0.25, 0.3) is 5.56 Å². The maximum absolute atomic E-state index is 13.3. The molecule has 2 unspecified atom stereocenters. The van der Waals surface area contributed by atoms with Crippen molar-refractivity contribution in [3.8, 4) is 0 Å². The van der Waals surface area contributed by atoms with E-state index in [4.69, 9.17) is 0 Å². The number of carboxylic acid groups (broad SMARTS) is 1. The average Bonchev–Trinajstić information content (AvgIpc) is 3.13. The number of rotatable bonds is 5. The van der Waals surface area contributed by atoms with Gasteiger partial charge in [0.1, 0.15) is 0 Å². The first-order valence-electron chi connectivity index (χ1n) is 12.2. The van der Waals surface area contributed by atoms with E-state index in [0.29, 0.717) is 23.1 Å². The van der Waals surface area contributed by atoms with Gasteiger partial charge in [-0.25, -0.2) is 9.78 Å². The van der Waals surface area contributed by atoms with Crippen LogP contribution in [0, 0.1) is 0 Å². The van der Waals surface area contributed by atoms with Crippen molar-refractivity contribution in [3.63, 3.8) is 0 Å². The van der Waals surface area contributed by atoms with E-state index in [-0.39, 0.29) is 24.5 Å². The highest BCUT2D eigenvalue weighted by molar-refractivity contribution is 5.88. The van der Waals surface area contributed by atoms with Crippen LogP contribution in [-0.2, 0) is 0 Å². The summed E-state index contributed by atoms with van der Waals surface area (Å²) in [7, 11) is 0. The van der Waals surface area contributed by atoms with E-state index in [1.807, 2.05) is 30.3 Å². The van der Waals surface area contributed by atoms with Crippen molar-refractivity contribution < 1.29 is 9.90 Å². The molecule has 0 aliphatic carbocycles. The summed E-state index contributed by atoms with van der Waals surface area (Å²) < 4.78 is 1.72. The van der Waals surface area contributed by atoms with Gasteiger partial charge in [-0.15, -0.1) is 12.4 Å². The van der Waals surface area contributed by atoms with Crippen LogP contribution in [0.15, 0.2) is 89.7 Å². The minimum absolute atomic E-state index is 0. The Kier molecular flexibility index (Phi) is 6.65. The van der Waals surface area contributed by atoms with Crippen molar-refractivity contribution in [3.05, 3.63) is 112 Å². The van der Waals surface area contributed by atoms with Gasteiger partial charge >= 0.3 is 5.97 Å². The third kappa shape index (κ3) is 4.10. The molecular weight excluding hydrogens is 474 g/mol. The highest BCUT2D eigenvalue weighted by Crippen LogP contribution is 2.47. The van der Waals surface area contributed by atoms with E-state index in [2.05, 4.69) is 58.4 Å². The molecule has 0 radical (unpaired) electrons. The molecule has 2 bridgehead atoms. The molecule has 0 spiro atoms. The second-order valence-corrected chi connectivity index (χ2v) is 9.61. The molecule has 3 heterocycles. The van der Waals surface area contributed by atoms with E-state index in [0.717, 1.165) is 25.7 Å². The van der Waals surface area contributed by atoms with Gasteiger partial charge in [0.2, 0.25) is 5.69 Å². The monoisotopic (exact) mass is 501 g/mol. The van der Waals surface area contributed by atoms with Crippen molar-refractivity contribution in [2.45, 2.75) is 49.9 Å². The molecule has 36 heavy (non-hydrogen) atoms. The summed E-state index contributed by atoms with van der Waals surface area (Å²) in [5.41, 5.74) is 2.90. The number of carbonyl (C=O) groups is 1. The van der Waals surface area contributed by atoms with Gasteiger partial charge in [0.15, 0.2) is 0 Å². The van der Waals surface area contributed by atoms with Gasteiger partial charge in [-0.2, -0.15) is 0 Å². The number of hydrogen-bond donors (Lipinski definition) is 1. The van der Waals surface area contributed by atoms with E-state index >= 15 is 0 Å². The van der Waals surface area contributed by atoms with Crippen molar-refractivity contribution >= 4 is 29.4 Å². The van der Waals surface area contributed by atoms with Crippen molar-refractivity contribution in [1.82, 2.24) is 14.5 Å². The van der Waals surface area contributed by atoms with Crippen LogP contribution >= 0.6 is 12.4 Å². The first kappa shape index (κ1) is 24.2. The van der Waals surface area contributed by atoms with E-state index < -0.39 is 17.2 Å². The number of hydrogen-bond acceptors (Lipinski definition) is 4. The van der Waals surface area contributed by atoms with Crippen molar-refractivity contribution in [2.75, 3.05) is 0 Å².